The molecule has 2 spiro atoms. The number of benzene rings is 4. The van der Waals surface area contributed by atoms with Crippen molar-refractivity contribution in [1.82, 2.24) is 14.4 Å². The Balaban J connectivity index is 0.000000183. The highest BCUT2D eigenvalue weighted by Crippen LogP contribution is 2.53. The minimum Gasteiger partial charge on any atom is -0.490 e. The molecule has 15 nitrogen and oxygen atoms in total. The Hall–Kier alpha value is -5.99. The number of pyridine rings is 1. The van der Waals surface area contributed by atoms with E-state index in [9.17, 15) is 32.4 Å². The van der Waals surface area contributed by atoms with Crippen LogP contribution in [0.3, 0.4) is 0 Å². The van der Waals surface area contributed by atoms with Crippen LogP contribution in [0, 0.1) is 47.2 Å². The molecular formula is C76H94Cl2FN5O10S2. The van der Waals surface area contributed by atoms with Crippen LogP contribution in [0.1, 0.15) is 161 Å². The second kappa shape index (κ2) is 27.6. The minimum absolute atomic E-state index is 0.0124. The van der Waals surface area contributed by atoms with Crippen LogP contribution in [-0.2, 0) is 53.7 Å². The second-order valence-corrected chi connectivity index (χ2v) is 34.9. The van der Waals surface area contributed by atoms with Crippen molar-refractivity contribution in [2.24, 2.45) is 41.4 Å². The molecule has 5 heterocycles. The number of nitrogens with zero attached hydrogens (tertiary/aromatic N) is 3. The summed E-state index contributed by atoms with van der Waals surface area (Å²) in [7, 11) is -5.25. The van der Waals surface area contributed by atoms with Gasteiger partial charge in [-0.3, -0.25) is 19.3 Å². The van der Waals surface area contributed by atoms with Crippen molar-refractivity contribution in [2.45, 2.75) is 164 Å². The van der Waals surface area contributed by atoms with E-state index in [1.54, 1.807) is 57.4 Å². The number of ether oxygens (including phenoxy) is 3. The number of sulfonamides is 1. The molecule has 5 aromatic rings. The van der Waals surface area contributed by atoms with Crippen LogP contribution in [0.4, 0.5) is 15.8 Å². The maximum atomic E-state index is 15.4. The van der Waals surface area contributed by atoms with Gasteiger partial charge in [0.15, 0.2) is 0 Å². The summed E-state index contributed by atoms with van der Waals surface area (Å²) in [4.78, 5) is 35.8. The molecule has 4 bridgehead atoms. The first-order chi connectivity index (χ1) is 45.7. The third kappa shape index (κ3) is 13.6. The van der Waals surface area contributed by atoms with E-state index in [-0.39, 0.29) is 56.8 Å². The summed E-state index contributed by atoms with van der Waals surface area (Å²) in [6.45, 7) is 14.9. The van der Waals surface area contributed by atoms with Gasteiger partial charge in [-0.15, -0.1) is 0 Å². The van der Waals surface area contributed by atoms with Crippen molar-refractivity contribution in [3.8, 4) is 11.5 Å². The van der Waals surface area contributed by atoms with Crippen molar-refractivity contribution in [2.75, 3.05) is 56.3 Å². The zero-order chi connectivity index (χ0) is 68.3. The first kappa shape index (κ1) is 69.9. The quantitative estimate of drug-likeness (QED) is 0.0959. The lowest BCUT2D eigenvalue weighted by Crippen LogP contribution is -2.54. The van der Waals surface area contributed by atoms with Crippen molar-refractivity contribution in [1.29, 1.82) is 0 Å². The standard InChI is InChI=1S/C39H53ClN2O5S.C37H41ClFN3O5S/c1-25(2)35(43)21-39(46-5)18-7-9-26(3)27(4)48(6,45)41-37(44)29-12-16-36-34(20-29)42(22-30-11-14-33(30)39)23-38(24-47-36)17-8-10-28-19-31(40)13-15-32(28)38;1-23-5-3-15-37(44,31-13-16-40-19-32(31)39)30-10-7-27(30)20-42-21-36(14-4-6-25-17-28(38)9-11-29(25)36)22-47-34-12-8-26(18-33(34)42)35(43)41-48(45,46)24(23)2/h7,12-13,15-16,18-20,25-27,30,33,35,43H,6,8-11,14,17,21-24H2,1-5H3,(H,41,44,45);3,8-9,11-13,15-19,23-24,27,30,44H,4-7,10,14,20-22H2,1-2H3,(H,41,43)/b18-7+;15-3+/t26-,27+,30-,33+,35+,38-,39+,48?;23-,24+,27-,30+,36-,37+/m00/s1. The first-order valence-corrected chi connectivity index (χ1v) is 38.5. The smallest absolute Gasteiger partial charge is 0.264 e. The molecule has 1 aromatic heterocycles. The number of aromatic nitrogens is 1. The molecular weight excluding hydrogens is 1300 g/mol. The van der Waals surface area contributed by atoms with Crippen LogP contribution >= 0.6 is 23.2 Å². The Morgan fingerprint density at radius 2 is 1.23 bits per heavy atom. The lowest BCUT2D eigenvalue weighted by molar-refractivity contribution is -0.103. The first-order valence-electron chi connectivity index (χ1n) is 34.4. The van der Waals surface area contributed by atoms with Gasteiger partial charge >= 0.3 is 0 Å². The Morgan fingerprint density at radius 3 is 1.74 bits per heavy atom. The molecule has 96 heavy (non-hydrogen) atoms. The average Bonchev–Trinajstić information content (AvgIpc) is 0.928. The molecule has 1 unspecified atom stereocenters. The van der Waals surface area contributed by atoms with Gasteiger partial charge in [0.25, 0.3) is 11.8 Å². The van der Waals surface area contributed by atoms with Gasteiger partial charge in [-0.25, -0.2) is 21.7 Å². The van der Waals surface area contributed by atoms with Crippen LogP contribution < -0.4 is 28.7 Å². The number of nitrogens with one attached hydrogen (secondary N) is 2. The third-order valence-corrected chi connectivity index (χ3v) is 28.0. The van der Waals surface area contributed by atoms with E-state index in [1.807, 2.05) is 44.2 Å². The molecule has 0 radical (unpaired) electrons. The number of hydrogen-bond donors (Lipinski definition) is 4. The minimum atomic E-state index is -4.05. The SMILES string of the molecule is C=S1(=O)NC(=O)c2ccc3c(c2)N(C[C@@H]2CC[C@H]2[C@@](C[C@@H](O)C(C)C)(OC)/C=C/C[C@H](C)[C@H]1C)C[C@@]1(CCCc2cc(Cl)ccc21)CO3.C[C@@H]1[C@@H](C)C/C=C/[C@](O)(c2ccncc2F)[C@@H]2CC[C@H]2CN2C[C@@]3(CCCc4cc(Cl)ccc43)COc3ccc(cc32)C(=O)NS1(=O)=O. The summed E-state index contributed by atoms with van der Waals surface area (Å²) in [5.41, 5.74) is 4.40. The lowest BCUT2D eigenvalue weighted by atomic mass is 9.62. The molecule has 4 aromatic carbocycles. The van der Waals surface area contributed by atoms with Gasteiger partial charge in [-0.2, -0.15) is 0 Å². The van der Waals surface area contributed by atoms with Gasteiger partial charge < -0.3 is 34.2 Å². The number of allylic oxidation sites excluding steroid dienone is 2. The zero-order valence-corrected chi connectivity index (χ0v) is 59.5. The number of aliphatic hydroxyl groups is 2. The van der Waals surface area contributed by atoms with Crippen molar-refractivity contribution >= 4 is 72.0 Å². The number of halogens is 3. The van der Waals surface area contributed by atoms with Crippen LogP contribution in [0.25, 0.3) is 0 Å². The highest BCUT2D eigenvalue weighted by atomic mass is 35.5. The van der Waals surface area contributed by atoms with Gasteiger partial charge in [0.1, 0.15) is 22.9 Å². The Morgan fingerprint density at radius 1 is 0.708 bits per heavy atom. The number of aryl methyl sites for hydroxylation is 2. The van der Waals surface area contributed by atoms with E-state index in [2.05, 4.69) is 74.3 Å². The number of fused-ring (bicyclic) bond motifs is 8. The molecule has 8 aliphatic rings. The van der Waals surface area contributed by atoms with Gasteiger partial charge in [0.2, 0.25) is 10.0 Å². The van der Waals surface area contributed by atoms with E-state index < -0.39 is 65.8 Å². The Bertz CT molecular complexity index is 4060. The number of carbonyl (C=O) groups excluding carboxylic acids is 2. The van der Waals surface area contributed by atoms with E-state index in [4.69, 9.17) is 37.4 Å². The molecule has 4 aliphatic heterocycles. The largest absolute Gasteiger partial charge is 0.490 e. The maximum Gasteiger partial charge on any atom is 0.264 e. The van der Waals surface area contributed by atoms with Crippen LogP contribution in [0.15, 0.2) is 116 Å². The average molecular weight is 1390 g/mol. The molecule has 14 atom stereocenters. The molecule has 4 N–H and O–H groups in total. The van der Waals surface area contributed by atoms with Gasteiger partial charge in [0, 0.05) is 94.6 Å². The molecule has 2 fully saturated rings. The fraction of sp³-hybridized carbons (Fsp3) is 0.526. The van der Waals surface area contributed by atoms with Crippen LogP contribution in [-0.4, -0.2) is 114 Å². The molecule has 4 aliphatic carbocycles. The number of rotatable bonds is 5. The van der Waals surface area contributed by atoms with E-state index in [1.165, 1.54) is 34.5 Å². The molecule has 2 saturated carbocycles. The van der Waals surface area contributed by atoms with Crippen molar-refractivity contribution in [3.05, 3.63) is 170 Å². The topological polar surface area (TPSA) is 197 Å². The van der Waals surface area contributed by atoms with Crippen molar-refractivity contribution < 1.29 is 51.0 Å². The summed E-state index contributed by atoms with van der Waals surface area (Å²) in [5.74, 6) is 3.51. The third-order valence-electron chi connectivity index (χ3n) is 23.4. The van der Waals surface area contributed by atoms with Gasteiger partial charge in [-0.1, -0.05) is 87.3 Å². The summed E-state index contributed by atoms with van der Waals surface area (Å²) < 4.78 is 80.9. The molecule has 0 saturated heterocycles. The van der Waals surface area contributed by atoms with Gasteiger partial charge in [0.05, 0.1) is 57.4 Å². The Kier molecular flexibility index (Phi) is 20.1. The van der Waals surface area contributed by atoms with Gasteiger partial charge in [-0.05, 0) is 221 Å². The number of amides is 2. The summed E-state index contributed by atoms with van der Waals surface area (Å²) >= 11 is 12.9. The monoisotopic (exact) mass is 1390 g/mol. The molecule has 2 amide bonds. The summed E-state index contributed by atoms with van der Waals surface area (Å²) in [6, 6.07) is 24.5. The number of methoxy groups -OCH3 is 1. The fourth-order valence-electron chi connectivity index (χ4n) is 16.8. The van der Waals surface area contributed by atoms with E-state index in [0.717, 1.165) is 93.5 Å². The maximum absolute atomic E-state index is 15.4. The van der Waals surface area contributed by atoms with E-state index >= 15 is 4.39 Å². The molecule has 13 rings (SSSR count). The predicted octanol–water partition coefficient (Wildman–Crippen LogP) is 13.3. The number of carbonyl (C=O) groups is 2. The zero-order valence-electron chi connectivity index (χ0n) is 56.3. The van der Waals surface area contributed by atoms with Crippen LogP contribution in [0.2, 0.25) is 10.0 Å². The van der Waals surface area contributed by atoms with Crippen LogP contribution in [0.5, 0.6) is 11.5 Å². The summed E-state index contributed by atoms with van der Waals surface area (Å²) in [6.07, 6.45) is 20.6. The van der Waals surface area contributed by atoms with Crippen molar-refractivity contribution in [3.63, 3.8) is 0 Å². The molecule has 20 heteroatoms. The Labute approximate surface area is 577 Å². The van der Waals surface area contributed by atoms with E-state index in [0.29, 0.717) is 79.9 Å². The fourth-order valence-corrected chi connectivity index (χ4v) is 19.9. The normalized spacial score (nSPS) is 33.6. The highest BCUT2D eigenvalue weighted by Gasteiger charge is 2.52. The number of hydrogen-bond acceptors (Lipinski definition) is 13. The second-order valence-electron chi connectivity index (χ2n) is 29.6. The number of anilines is 2. The lowest BCUT2D eigenvalue weighted by Gasteiger charge is -2.51. The highest BCUT2D eigenvalue weighted by molar-refractivity contribution is 7.99. The summed E-state index contributed by atoms with van der Waals surface area (Å²) in [5, 5.41) is 23.9. The predicted molar refractivity (Wildman–Crippen MR) is 380 cm³/mol. The number of aliphatic hydroxyl groups excluding tert-OH is 1. The molecule has 516 valence electrons.